The Morgan fingerprint density at radius 3 is 2.40 bits per heavy atom. The van der Waals surface area contributed by atoms with Gasteiger partial charge in [-0.1, -0.05) is 12.1 Å². The molecule has 0 unspecified atom stereocenters. The van der Waals surface area contributed by atoms with Crippen LogP contribution < -0.4 is 10.2 Å². The van der Waals surface area contributed by atoms with Gasteiger partial charge in [0.15, 0.2) is 0 Å². The average molecular weight is 401 g/mol. The molecule has 0 amide bonds. The van der Waals surface area contributed by atoms with E-state index in [0.717, 1.165) is 35.8 Å². The first-order chi connectivity index (χ1) is 12.3. The van der Waals surface area contributed by atoms with Crippen LogP contribution in [0, 0.1) is 5.92 Å². The Hall–Kier alpha value is -1.59. The standard InChI is InChI=1S/C20H25BrN4/c21-18-5-8-20(23-14-18)22-13-16-3-6-19(7-4-16)25-11-9-24(10-12-25)15-17-1-2-17/h3-8,14,17H,1-2,9-13,15H2,(H,22,23). The number of rotatable bonds is 6. The van der Waals surface area contributed by atoms with Crippen LogP contribution in [0.5, 0.6) is 0 Å². The van der Waals surface area contributed by atoms with Crippen molar-refractivity contribution in [3.8, 4) is 0 Å². The summed E-state index contributed by atoms with van der Waals surface area (Å²) in [7, 11) is 0. The topological polar surface area (TPSA) is 31.4 Å². The molecule has 2 fully saturated rings. The molecular weight excluding hydrogens is 376 g/mol. The van der Waals surface area contributed by atoms with Crippen LogP contribution in [-0.2, 0) is 6.54 Å². The fourth-order valence-electron chi connectivity index (χ4n) is 3.35. The van der Waals surface area contributed by atoms with E-state index >= 15 is 0 Å². The van der Waals surface area contributed by atoms with Gasteiger partial charge in [-0.15, -0.1) is 0 Å². The number of nitrogens with one attached hydrogen (secondary N) is 1. The third kappa shape index (κ3) is 4.73. The molecule has 25 heavy (non-hydrogen) atoms. The maximum Gasteiger partial charge on any atom is 0.126 e. The van der Waals surface area contributed by atoms with E-state index < -0.39 is 0 Å². The average Bonchev–Trinajstić information content (AvgIpc) is 3.46. The molecule has 1 saturated heterocycles. The molecule has 1 saturated carbocycles. The second-order valence-corrected chi connectivity index (χ2v) is 8.03. The zero-order valence-electron chi connectivity index (χ0n) is 14.5. The molecule has 5 heteroatoms. The number of piperazine rings is 1. The van der Waals surface area contributed by atoms with Crippen molar-refractivity contribution in [2.75, 3.05) is 42.9 Å². The van der Waals surface area contributed by atoms with Gasteiger partial charge < -0.3 is 10.2 Å². The molecule has 132 valence electrons. The van der Waals surface area contributed by atoms with Crippen LogP contribution in [0.4, 0.5) is 11.5 Å². The van der Waals surface area contributed by atoms with E-state index in [2.05, 4.69) is 60.3 Å². The zero-order chi connectivity index (χ0) is 17.1. The van der Waals surface area contributed by atoms with Gasteiger partial charge in [0.2, 0.25) is 0 Å². The van der Waals surface area contributed by atoms with Gasteiger partial charge in [0.25, 0.3) is 0 Å². The summed E-state index contributed by atoms with van der Waals surface area (Å²) in [6.07, 6.45) is 4.71. The molecule has 2 aliphatic rings. The maximum absolute atomic E-state index is 4.35. The van der Waals surface area contributed by atoms with Crippen molar-refractivity contribution in [2.24, 2.45) is 5.92 Å². The van der Waals surface area contributed by atoms with E-state index in [1.54, 1.807) is 0 Å². The summed E-state index contributed by atoms with van der Waals surface area (Å²) in [6.45, 7) is 6.82. The normalized spacial score (nSPS) is 18.4. The molecular formula is C20H25BrN4. The van der Waals surface area contributed by atoms with Gasteiger partial charge in [0.1, 0.15) is 5.82 Å². The number of halogens is 1. The van der Waals surface area contributed by atoms with Crippen molar-refractivity contribution >= 4 is 27.4 Å². The highest BCUT2D eigenvalue weighted by atomic mass is 79.9. The molecule has 1 N–H and O–H groups in total. The first-order valence-electron chi connectivity index (χ1n) is 9.18. The quantitative estimate of drug-likeness (QED) is 0.793. The molecule has 0 spiro atoms. The van der Waals surface area contributed by atoms with Crippen LogP contribution >= 0.6 is 15.9 Å². The highest BCUT2D eigenvalue weighted by Gasteiger charge is 2.26. The molecule has 0 radical (unpaired) electrons. The summed E-state index contributed by atoms with van der Waals surface area (Å²) in [5, 5.41) is 3.36. The van der Waals surface area contributed by atoms with Crippen molar-refractivity contribution in [3.63, 3.8) is 0 Å². The predicted molar refractivity (Wildman–Crippen MR) is 107 cm³/mol. The minimum atomic E-state index is 0.796. The highest BCUT2D eigenvalue weighted by Crippen LogP contribution is 2.30. The second-order valence-electron chi connectivity index (χ2n) is 7.11. The van der Waals surface area contributed by atoms with Crippen molar-refractivity contribution in [1.29, 1.82) is 0 Å². The summed E-state index contributed by atoms with van der Waals surface area (Å²) >= 11 is 3.41. The lowest BCUT2D eigenvalue weighted by atomic mass is 10.1. The fourth-order valence-corrected chi connectivity index (χ4v) is 3.59. The number of benzene rings is 1. The van der Waals surface area contributed by atoms with Crippen LogP contribution in [0.15, 0.2) is 47.1 Å². The molecule has 1 aliphatic heterocycles. The van der Waals surface area contributed by atoms with Gasteiger partial charge >= 0.3 is 0 Å². The molecule has 1 aliphatic carbocycles. The first kappa shape index (κ1) is 16.9. The third-order valence-corrected chi connectivity index (χ3v) is 5.56. The van der Waals surface area contributed by atoms with E-state index in [-0.39, 0.29) is 0 Å². The number of pyridine rings is 1. The summed E-state index contributed by atoms with van der Waals surface area (Å²) in [6, 6.07) is 12.9. The third-order valence-electron chi connectivity index (χ3n) is 5.09. The van der Waals surface area contributed by atoms with Gasteiger partial charge in [-0.2, -0.15) is 0 Å². The van der Waals surface area contributed by atoms with Crippen LogP contribution in [0.1, 0.15) is 18.4 Å². The Morgan fingerprint density at radius 2 is 1.76 bits per heavy atom. The lowest BCUT2D eigenvalue weighted by Gasteiger charge is -2.36. The van der Waals surface area contributed by atoms with Crippen molar-refractivity contribution < 1.29 is 0 Å². The summed E-state index contributed by atoms with van der Waals surface area (Å²) in [4.78, 5) is 9.49. The van der Waals surface area contributed by atoms with Crippen LogP contribution in [0.2, 0.25) is 0 Å². The molecule has 1 aromatic heterocycles. The Labute approximate surface area is 158 Å². The number of anilines is 2. The predicted octanol–water partition coefficient (Wildman–Crippen LogP) is 3.99. The number of aromatic nitrogens is 1. The summed E-state index contributed by atoms with van der Waals surface area (Å²) < 4.78 is 1.000. The SMILES string of the molecule is Brc1ccc(NCc2ccc(N3CCN(CC4CC4)CC3)cc2)nc1. The Balaban J connectivity index is 1.27. The van der Waals surface area contributed by atoms with Crippen LogP contribution in [0.25, 0.3) is 0 Å². The summed E-state index contributed by atoms with van der Waals surface area (Å²) in [5.74, 6) is 1.90. The van der Waals surface area contributed by atoms with E-state index in [0.29, 0.717) is 0 Å². The first-order valence-corrected chi connectivity index (χ1v) is 9.97. The Morgan fingerprint density at radius 1 is 1.00 bits per heavy atom. The number of nitrogens with zero attached hydrogens (tertiary/aromatic N) is 3. The molecule has 0 bridgehead atoms. The van der Waals surface area contributed by atoms with Gasteiger partial charge in [-0.25, -0.2) is 4.98 Å². The van der Waals surface area contributed by atoms with Crippen molar-refractivity contribution in [1.82, 2.24) is 9.88 Å². The number of hydrogen-bond donors (Lipinski definition) is 1. The summed E-state index contributed by atoms with van der Waals surface area (Å²) in [5.41, 5.74) is 2.62. The number of hydrogen-bond acceptors (Lipinski definition) is 4. The monoisotopic (exact) mass is 400 g/mol. The van der Waals surface area contributed by atoms with Gasteiger partial charge in [-0.05, 0) is 64.5 Å². The minimum Gasteiger partial charge on any atom is -0.369 e. The van der Waals surface area contributed by atoms with E-state index in [1.165, 1.54) is 43.7 Å². The molecule has 0 atom stereocenters. The Kier molecular flexibility index (Phi) is 5.22. The van der Waals surface area contributed by atoms with E-state index in [4.69, 9.17) is 0 Å². The maximum atomic E-state index is 4.35. The molecule has 2 heterocycles. The second kappa shape index (κ2) is 7.75. The molecule has 1 aromatic carbocycles. The largest absolute Gasteiger partial charge is 0.369 e. The van der Waals surface area contributed by atoms with E-state index in [9.17, 15) is 0 Å². The van der Waals surface area contributed by atoms with Gasteiger partial charge in [0.05, 0.1) is 0 Å². The fraction of sp³-hybridized carbons (Fsp3) is 0.450. The van der Waals surface area contributed by atoms with Crippen molar-refractivity contribution in [3.05, 3.63) is 52.6 Å². The van der Waals surface area contributed by atoms with Gasteiger partial charge in [-0.3, -0.25) is 4.90 Å². The minimum absolute atomic E-state index is 0.796. The van der Waals surface area contributed by atoms with E-state index in [1.807, 2.05) is 18.3 Å². The van der Waals surface area contributed by atoms with Crippen LogP contribution in [0.3, 0.4) is 0 Å². The molecule has 4 nitrogen and oxygen atoms in total. The smallest absolute Gasteiger partial charge is 0.126 e. The molecule has 4 rings (SSSR count). The lowest BCUT2D eigenvalue weighted by molar-refractivity contribution is 0.248. The van der Waals surface area contributed by atoms with Gasteiger partial charge in [0, 0.05) is 55.6 Å². The molecule has 2 aromatic rings. The lowest BCUT2D eigenvalue weighted by Crippen LogP contribution is -2.47. The highest BCUT2D eigenvalue weighted by molar-refractivity contribution is 9.10. The van der Waals surface area contributed by atoms with Crippen LogP contribution in [-0.4, -0.2) is 42.6 Å². The Bertz CT molecular complexity index is 674. The zero-order valence-corrected chi connectivity index (χ0v) is 16.1. The van der Waals surface area contributed by atoms with Crippen molar-refractivity contribution in [2.45, 2.75) is 19.4 Å².